The number of hydrogen-bond acceptors (Lipinski definition) is 4. The molecule has 1 heterocycles. The van der Waals surface area contributed by atoms with E-state index in [1.165, 1.54) is 0 Å². The van der Waals surface area contributed by atoms with Crippen molar-refractivity contribution in [2.24, 2.45) is 0 Å². The third-order valence-corrected chi connectivity index (χ3v) is 3.26. The van der Waals surface area contributed by atoms with E-state index in [9.17, 15) is 9.59 Å². The molecule has 6 nitrogen and oxygen atoms in total. The standard InChI is InChI=1S/C15H19NO5/c1-11-9-16(6-7-20-11)14(17)10-21-13-5-3-2-4-12(13)8-15(18)19/h2-5,11H,6-10H2,1H3,(H,18,19). The summed E-state index contributed by atoms with van der Waals surface area (Å²) < 4.78 is 10.9. The highest BCUT2D eigenvalue weighted by molar-refractivity contribution is 5.78. The molecular formula is C15H19NO5. The highest BCUT2D eigenvalue weighted by Gasteiger charge is 2.21. The highest BCUT2D eigenvalue weighted by atomic mass is 16.5. The van der Waals surface area contributed by atoms with Gasteiger partial charge in [0.1, 0.15) is 5.75 Å². The van der Waals surface area contributed by atoms with Crippen molar-refractivity contribution in [3.63, 3.8) is 0 Å². The first-order valence-electron chi connectivity index (χ1n) is 6.88. The summed E-state index contributed by atoms with van der Waals surface area (Å²) in [4.78, 5) is 24.6. The molecule has 0 spiro atoms. The SMILES string of the molecule is CC1CN(C(=O)COc2ccccc2CC(=O)O)CCO1. The van der Waals surface area contributed by atoms with E-state index in [1.54, 1.807) is 29.2 Å². The van der Waals surface area contributed by atoms with Gasteiger partial charge in [-0.25, -0.2) is 0 Å². The van der Waals surface area contributed by atoms with Crippen LogP contribution in [0, 0.1) is 0 Å². The van der Waals surface area contributed by atoms with E-state index < -0.39 is 5.97 Å². The van der Waals surface area contributed by atoms with Crippen LogP contribution in [0.2, 0.25) is 0 Å². The molecule has 1 aromatic rings. The predicted molar refractivity (Wildman–Crippen MR) is 75.3 cm³/mol. The van der Waals surface area contributed by atoms with Gasteiger partial charge in [-0.15, -0.1) is 0 Å². The Labute approximate surface area is 123 Å². The minimum atomic E-state index is -0.931. The van der Waals surface area contributed by atoms with Crippen molar-refractivity contribution < 1.29 is 24.2 Å². The zero-order valence-corrected chi connectivity index (χ0v) is 11.9. The Morgan fingerprint density at radius 1 is 1.43 bits per heavy atom. The lowest BCUT2D eigenvalue weighted by Gasteiger charge is -2.31. The van der Waals surface area contributed by atoms with E-state index in [0.717, 1.165) is 0 Å². The summed E-state index contributed by atoms with van der Waals surface area (Å²) in [5.74, 6) is -0.607. The molecule has 1 aliphatic rings. The minimum Gasteiger partial charge on any atom is -0.483 e. The maximum Gasteiger partial charge on any atom is 0.307 e. The van der Waals surface area contributed by atoms with Crippen LogP contribution in [0.3, 0.4) is 0 Å². The molecule has 0 aromatic heterocycles. The molecule has 6 heteroatoms. The van der Waals surface area contributed by atoms with Crippen molar-refractivity contribution >= 4 is 11.9 Å². The number of carboxylic acids is 1. The number of rotatable bonds is 5. The maximum atomic E-state index is 12.1. The van der Waals surface area contributed by atoms with Crippen molar-refractivity contribution in [1.82, 2.24) is 4.90 Å². The summed E-state index contributed by atoms with van der Waals surface area (Å²) >= 11 is 0. The topological polar surface area (TPSA) is 76.1 Å². The zero-order chi connectivity index (χ0) is 15.2. The first-order chi connectivity index (χ1) is 10.1. The number of morpholine rings is 1. The normalized spacial score (nSPS) is 18.3. The summed E-state index contributed by atoms with van der Waals surface area (Å²) in [6.07, 6.45) is -0.0964. The molecule has 1 saturated heterocycles. The molecule has 114 valence electrons. The molecule has 0 radical (unpaired) electrons. The summed E-state index contributed by atoms with van der Waals surface area (Å²) in [5, 5.41) is 8.86. The molecule has 1 unspecified atom stereocenters. The number of carbonyl (C=O) groups is 2. The van der Waals surface area contributed by atoms with Crippen LogP contribution in [0.15, 0.2) is 24.3 Å². The zero-order valence-electron chi connectivity index (χ0n) is 11.9. The lowest BCUT2D eigenvalue weighted by molar-refractivity contribution is -0.140. The first-order valence-corrected chi connectivity index (χ1v) is 6.88. The Kier molecular flexibility index (Phi) is 5.16. The van der Waals surface area contributed by atoms with Gasteiger partial charge in [-0.3, -0.25) is 9.59 Å². The average molecular weight is 293 g/mol. The number of para-hydroxylation sites is 1. The van der Waals surface area contributed by atoms with Crippen LogP contribution >= 0.6 is 0 Å². The summed E-state index contributed by atoms with van der Waals surface area (Å²) in [7, 11) is 0. The Hall–Kier alpha value is -2.08. The Bertz CT molecular complexity index is 517. The van der Waals surface area contributed by atoms with Crippen LogP contribution in [-0.2, 0) is 20.7 Å². The minimum absolute atomic E-state index is 0.0296. The molecule has 0 bridgehead atoms. The van der Waals surface area contributed by atoms with Gasteiger partial charge in [0.25, 0.3) is 5.91 Å². The predicted octanol–water partition coefficient (Wildman–Crippen LogP) is 0.940. The first kappa shape index (κ1) is 15.3. The van der Waals surface area contributed by atoms with Gasteiger partial charge < -0.3 is 19.5 Å². The van der Waals surface area contributed by atoms with Gasteiger partial charge in [-0.05, 0) is 13.0 Å². The molecule has 1 fully saturated rings. The van der Waals surface area contributed by atoms with Gasteiger partial charge in [0.15, 0.2) is 6.61 Å². The van der Waals surface area contributed by atoms with E-state index in [-0.39, 0.29) is 25.0 Å². The molecule has 0 saturated carbocycles. The molecule has 2 rings (SSSR count). The Balaban J connectivity index is 1.93. The largest absolute Gasteiger partial charge is 0.483 e. The van der Waals surface area contributed by atoms with Crippen LogP contribution in [0.5, 0.6) is 5.75 Å². The fourth-order valence-corrected chi connectivity index (χ4v) is 2.23. The molecule has 1 N–H and O–H groups in total. The Morgan fingerprint density at radius 3 is 2.90 bits per heavy atom. The molecule has 0 aliphatic carbocycles. The van der Waals surface area contributed by atoms with Crippen molar-refractivity contribution in [3.05, 3.63) is 29.8 Å². The number of carboxylic acid groups (broad SMARTS) is 1. The second-order valence-electron chi connectivity index (χ2n) is 4.99. The van der Waals surface area contributed by atoms with Crippen molar-refractivity contribution in [2.75, 3.05) is 26.3 Å². The molecule has 21 heavy (non-hydrogen) atoms. The van der Waals surface area contributed by atoms with Crippen LogP contribution in [0.25, 0.3) is 0 Å². The van der Waals surface area contributed by atoms with E-state index in [2.05, 4.69) is 0 Å². The van der Waals surface area contributed by atoms with Gasteiger partial charge in [0.2, 0.25) is 0 Å². The van der Waals surface area contributed by atoms with Crippen LogP contribution in [0.4, 0.5) is 0 Å². The lowest BCUT2D eigenvalue weighted by Crippen LogP contribution is -2.46. The molecule has 1 atom stereocenters. The number of amides is 1. The van der Waals surface area contributed by atoms with Crippen molar-refractivity contribution in [2.45, 2.75) is 19.4 Å². The highest BCUT2D eigenvalue weighted by Crippen LogP contribution is 2.18. The lowest BCUT2D eigenvalue weighted by atomic mass is 10.1. The van der Waals surface area contributed by atoms with Crippen molar-refractivity contribution in [3.8, 4) is 5.75 Å². The third-order valence-electron chi connectivity index (χ3n) is 3.26. The third kappa shape index (κ3) is 4.46. The number of ether oxygens (including phenoxy) is 2. The van der Waals surface area contributed by atoms with E-state index in [1.807, 2.05) is 6.92 Å². The van der Waals surface area contributed by atoms with E-state index >= 15 is 0 Å². The van der Waals surface area contributed by atoms with Gasteiger partial charge in [-0.2, -0.15) is 0 Å². The monoisotopic (exact) mass is 293 g/mol. The van der Waals surface area contributed by atoms with Crippen molar-refractivity contribution in [1.29, 1.82) is 0 Å². The molecule has 1 aliphatic heterocycles. The number of benzene rings is 1. The van der Waals surface area contributed by atoms with Crippen LogP contribution < -0.4 is 4.74 Å². The summed E-state index contributed by atoms with van der Waals surface area (Å²) in [6.45, 7) is 3.47. The molecule has 1 aromatic carbocycles. The summed E-state index contributed by atoms with van der Waals surface area (Å²) in [5.41, 5.74) is 0.563. The second kappa shape index (κ2) is 7.08. The molecule has 1 amide bonds. The van der Waals surface area contributed by atoms with Gasteiger partial charge in [0.05, 0.1) is 19.1 Å². The van der Waals surface area contributed by atoms with Gasteiger partial charge >= 0.3 is 5.97 Å². The smallest absolute Gasteiger partial charge is 0.307 e. The molecular weight excluding hydrogens is 274 g/mol. The van der Waals surface area contributed by atoms with E-state index in [0.29, 0.717) is 31.0 Å². The maximum absolute atomic E-state index is 12.1. The number of hydrogen-bond donors (Lipinski definition) is 1. The Morgan fingerprint density at radius 2 is 2.19 bits per heavy atom. The average Bonchev–Trinajstić information content (AvgIpc) is 2.45. The number of carbonyl (C=O) groups excluding carboxylic acids is 1. The number of nitrogens with zero attached hydrogens (tertiary/aromatic N) is 1. The van der Waals surface area contributed by atoms with Gasteiger partial charge in [0, 0.05) is 18.7 Å². The fourth-order valence-electron chi connectivity index (χ4n) is 2.23. The van der Waals surface area contributed by atoms with Gasteiger partial charge in [-0.1, -0.05) is 18.2 Å². The van der Waals surface area contributed by atoms with Crippen LogP contribution in [0.1, 0.15) is 12.5 Å². The van der Waals surface area contributed by atoms with E-state index in [4.69, 9.17) is 14.6 Å². The fraction of sp³-hybridized carbons (Fsp3) is 0.467. The van der Waals surface area contributed by atoms with Crippen LogP contribution in [-0.4, -0.2) is 54.3 Å². The quantitative estimate of drug-likeness (QED) is 0.874. The summed E-state index contributed by atoms with van der Waals surface area (Å²) in [6, 6.07) is 6.86. The number of aliphatic carboxylic acids is 1. The second-order valence-corrected chi connectivity index (χ2v) is 4.99.